The summed E-state index contributed by atoms with van der Waals surface area (Å²) < 4.78 is 10.9. The normalized spacial score (nSPS) is 11.8. The molecule has 0 aliphatic rings. The van der Waals surface area contributed by atoms with E-state index in [-0.39, 0.29) is 0 Å². The third-order valence-electron chi connectivity index (χ3n) is 12.4. The van der Waals surface area contributed by atoms with Crippen LogP contribution in [0.3, 0.4) is 0 Å². The van der Waals surface area contributed by atoms with Crippen molar-refractivity contribution in [1.29, 1.82) is 0 Å². The lowest BCUT2D eigenvalue weighted by molar-refractivity contribution is 0.668. The Kier molecular flexibility index (Phi) is 7.80. The average molecular weight is 806 g/mol. The van der Waals surface area contributed by atoms with Crippen LogP contribution < -0.4 is 0 Å². The Morgan fingerprint density at radius 1 is 0.365 bits per heavy atom. The molecular weight excluding hydrogens is 771 g/mol. The van der Waals surface area contributed by atoms with Crippen LogP contribution in [0.4, 0.5) is 0 Å². The summed E-state index contributed by atoms with van der Waals surface area (Å²) >= 11 is 0. The van der Waals surface area contributed by atoms with Crippen molar-refractivity contribution < 1.29 is 4.42 Å². The van der Waals surface area contributed by atoms with E-state index in [4.69, 9.17) is 19.4 Å². The molecule has 0 saturated heterocycles. The first kappa shape index (κ1) is 35.2. The maximum Gasteiger partial charge on any atom is 0.235 e. The van der Waals surface area contributed by atoms with E-state index in [0.29, 0.717) is 5.95 Å². The minimum atomic E-state index is 0.614. The number of benzene rings is 8. The molecular formula is C57H35N5O. The Balaban J connectivity index is 1.13. The summed E-state index contributed by atoms with van der Waals surface area (Å²) in [4.78, 5) is 15.4. The van der Waals surface area contributed by atoms with E-state index in [9.17, 15) is 0 Å². The van der Waals surface area contributed by atoms with Gasteiger partial charge in [0.15, 0.2) is 5.58 Å². The second-order valence-electron chi connectivity index (χ2n) is 16.0. The van der Waals surface area contributed by atoms with Crippen molar-refractivity contribution in [2.24, 2.45) is 0 Å². The van der Waals surface area contributed by atoms with E-state index >= 15 is 0 Å². The summed E-state index contributed by atoms with van der Waals surface area (Å²) in [5.74, 6) is 0.614. The van der Waals surface area contributed by atoms with Crippen molar-refractivity contribution in [1.82, 2.24) is 24.1 Å². The quantitative estimate of drug-likeness (QED) is 0.168. The molecule has 0 aliphatic heterocycles. The maximum atomic E-state index is 6.28. The largest absolute Gasteiger partial charge is 0.454 e. The molecule has 63 heavy (non-hydrogen) atoms. The second-order valence-corrected chi connectivity index (χ2v) is 16.0. The van der Waals surface area contributed by atoms with Crippen LogP contribution >= 0.6 is 0 Å². The van der Waals surface area contributed by atoms with E-state index in [1.165, 1.54) is 10.8 Å². The summed E-state index contributed by atoms with van der Waals surface area (Å²) in [5, 5.41) is 5.61. The lowest BCUT2D eigenvalue weighted by Crippen LogP contribution is -2.04. The molecule has 0 fully saturated rings. The standard InChI is InChI=1S/C57H35N5O/c1-4-16-36(17-5-1)47-35-48(37-18-6-2-7-19-37)60-57(59-47)62-50-26-13-11-23-42(50)55-41(24-14-27-51(55)62)44-34-52-45(40-22-10-12-25-49(40)61(52)39-20-8-3-9-21-39)33-43(44)38-29-30-53-46(32-38)56-54(63-53)28-15-31-58-56/h1-35H. The number of rotatable bonds is 6. The van der Waals surface area contributed by atoms with Crippen molar-refractivity contribution in [2.75, 3.05) is 0 Å². The lowest BCUT2D eigenvalue weighted by atomic mass is 9.90. The minimum Gasteiger partial charge on any atom is -0.454 e. The highest BCUT2D eigenvalue weighted by Gasteiger charge is 2.23. The van der Waals surface area contributed by atoms with E-state index in [2.05, 4.69) is 191 Å². The molecule has 8 aromatic carbocycles. The van der Waals surface area contributed by atoms with Gasteiger partial charge in [0.25, 0.3) is 0 Å². The molecule has 5 heterocycles. The number of fused-ring (bicyclic) bond motifs is 9. The first-order valence-corrected chi connectivity index (χ1v) is 21.2. The SMILES string of the molecule is c1ccc(-c2cc(-c3ccccc3)nc(-n3c4ccccc4c4c(-c5cc6c(cc5-c5ccc7oc8cccnc8c7c5)c5ccccc5n6-c5ccccc5)cccc43)n2)cc1. The fourth-order valence-electron chi connectivity index (χ4n) is 9.60. The highest BCUT2D eigenvalue weighted by molar-refractivity contribution is 6.19. The molecule has 0 amide bonds. The molecule has 0 atom stereocenters. The number of hydrogen-bond acceptors (Lipinski definition) is 4. The summed E-state index contributed by atoms with van der Waals surface area (Å²) in [7, 11) is 0. The molecule has 0 radical (unpaired) electrons. The topological polar surface area (TPSA) is 61.7 Å². The van der Waals surface area contributed by atoms with Crippen LogP contribution in [0.15, 0.2) is 217 Å². The molecule has 294 valence electrons. The van der Waals surface area contributed by atoms with Crippen LogP contribution in [0.5, 0.6) is 0 Å². The molecule has 0 N–H and O–H groups in total. The predicted molar refractivity (Wildman–Crippen MR) is 258 cm³/mol. The summed E-state index contributed by atoms with van der Waals surface area (Å²) in [6.45, 7) is 0. The van der Waals surface area contributed by atoms with Gasteiger partial charge in [-0.2, -0.15) is 0 Å². The Hall–Kier alpha value is -8.61. The van der Waals surface area contributed by atoms with Crippen LogP contribution in [-0.4, -0.2) is 24.1 Å². The van der Waals surface area contributed by atoms with Gasteiger partial charge in [0.2, 0.25) is 5.95 Å². The maximum absolute atomic E-state index is 6.28. The highest BCUT2D eigenvalue weighted by atomic mass is 16.3. The third-order valence-corrected chi connectivity index (χ3v) is 12.4. The number of pyridine rings is 1. The van der Waals surface area contributed by atoms with Gasteiger partial charge in [-0.15, -0.1) is 0 Å². The number of nitrogens with zero attached hydrogens (tertiary/aromatic N) is 5. The van der Waals surface area contributed by atoms with Gasteiger partial charge in [0.05, 0.1) is 33.5 Å². The molecule has 0 unspecified atom stereocenters. The predicted octanol–water partition coefficient (Wildman–Crippen LogP) is 14.6. The van der Waals surface area contributed by atoms with Gasteiger partial charge in [-0.05, 0) is 95.1 Å². The Labute approximate surface area is 361 Å². The van der Waals surface area contributed by atoms with Gasteiger partial charge < -0.3 is 8.98 Å². The molecule has 0 aliphatic carbocycles. The zero-order valence-electron chi connectivity index (χ0n) is 33.9. The van der Waals surface area contributed by atoms with Gasteiger partial charge >= 0.3 is 0 Å². The van der Waals surface area contributed by atoms with E-state index in [1.807, 2.05) is 30.5 Å². The van der Waals surface area contributed by atoms with Crippen molar-refractivity contribution in [3.8, 4) is 56.4 Å². The zero-order chi connectivity index (χ0) is 41.4. The average Bonchev–Trinajstić information content (AvgIpc) is 4.01. The van der Waals surface area contributed by atoms with Gasteiger partial charge in [-0.25, -0.2) is 9.97 Å². The van der Waals surface area contributed by atoms with Crippen molar-refractivity contribution in [3.05, 3.63) is 212 Å². The molecule has 0 spiro atoms. The van der Waals surface area contributed by atoms with Crippen molar-refractivity contribution >= 4 is 65.7 Å². The second kappa shape index (κ2) is 14.0. The molecule has 5 aromatic heterocycles. The van der Waals surface area contributed by atoms with Gasteiger partial charge in [0, 0.05) is 49.9 Å². The molecule has 6 heteroatoms. The fraction of sp³-hybridized carbons (Fsp3) is 0. The number of aromatic nitrogens is 5. The smallest absolute Gasteiger partial charge is 0.235 e. The van der Waals surface area contributed by atoms with Gasteiger partial charge in [-0.3, -0.25) is 9.55 Å². The zero-order valence-corrected chi connectivity index (χ0v) is 33.9. The van der Waals surface area contributed by atoms with E-state index < -0.39 is 0 Å². The van der Waals surface area contributed by atoms with Crippen molar-refractivity contribution in [3.63, 3.8) is 0 Å². The molecule has 0 bridgehead atoms. The van der Waals surface area contributed by atoms with Crippen LogP contribution in [-0.2, 0) is 0 Å². The van der Waals surface area contributed by atoms with Crippen LogP contribution in [0.1, 0.15) is 0 Å². The summed E-state index contributed by atoms with van der Waals surface area (Å²) in [6.07, 6.45) is 1.83. The Bertz CT molecular complexity index is 3850. The van der Waals surface area contributed by atoms with E-state index in [0.717, 1.165) is 105 Å². The number of para-hydroxylation sites is 3. The number of hydrogen-bond donors (Lipinski definition) is 0. The first-order chi connectivity index (χ1) is 31.2. The molecule has 0 saturated carbocycles. The summed E-state index contributed by atoms with van der Waals surface area (Å²) in [5.41, 5.74) is 16.1. The molecule has 13 rings (SSSR count). The fourth-order valence-corrected chi connectivity index (χ4v) is 9.60. The van der Waals surface area contributed by atoms with Crippen LogP contribution in [0.25, 0.3) is 122 Å². The van der Waals surface area contributed by atoms with Gasteiger partial charge in [-0.1, -0.05) is 133 Å². The third kappa shape index (κ3) is 5.55. The van der Waals surface area contributed by atoms with Gasteiger partial charge in [0.1, 0.15) is 11.1 Å². The molecule has 13 aromatic rings. The van der Waals surface area contributed by atoms with Crippen molar-refractivity contribution in [2.45, 2.75) is 0 Å². The lowest BCUT2D eigenvalue weighted by Gasteiger charge is -2.15. The highest BCUT2D eigenvalue weighted by Crippen LogP contribution is 2.46. The monoisotopic (exact) mass is 805 g/mol. The Morgan fingerprint density at radius 2 is 1.02 bits per heavy atom. The summed E-state index contributed by atoms with van der Waals surface area (Å²) in [6, 6.07) is 72.7. The molecule has 6 nitrogen and oxygen atoms in total. The van der Waals surface area contributed by atoms with Crippen LogP contribution in [0, 0.1) is 0 Å². The first-order valence-electron chi connectivity index (χ1n) is 21.2. The number of furan rings is 1. The Morgan fingerprint density at radius 3 is 1.76 bits per heavy atom. The van der Waals surface area contributed by atoms with Crippen LogP contribution in [0.2, 0.25) is 0 Å². The minimum absolute atomic E-state index is 0.614. The van der Waals surface area contributed by atoms with E-state index in [1.54, 1.807) is 0 Å².